The summed E-state index contributed by atoms with van der Waals surface area (Å²) in [6.45, 7) is -0.214. The summed E-state index contributed by atoms with van der Waals surface area (Å²) in [4.78, 5) is 20.3. The zero-order chi connectivity index (χ0) is 26.9. The first-order valence-electron chi connectivity index (χ1n) is 9.71. The van der Waals surface area contributed by atoms with E-state index in [1.54, 1.807) is 0 Å². The van der Waals surface area contributed by atoms with Crippen molar-refractivity contribution in [1.29, 1.82) is 0 Å². The first kappa shape index (κ1) is 26.7. The van der Waals surface area contributed by atoms with E-state index in [4.69, 9.17) is 0 Å². The Balaban J connectivity index is 1.81. The normalized spacial score (nSPS) is 13.4. The number of ether oxygens (including phenoxy) is 1. The topological polar surface area (TPSA) is 81.9 Å². The minimum absolute atomic E-state index is 0.0252. The highest BCUT2D eigenvalue weighted by Gasteiger charge is 2.37. The second-order valence-electron chi connectivity index (χ2n) is 7.28. The Morgan fingerprint density at radius 3 is 2.08 bits per heavy atom. The second kappa shape index (κ2) is 9.66. The van der Waals surface area contributed by atoms with Crippen LogP contribution < -0.4 is 10.1 Å². The van der Waals surface area contributed by atoms with Gasteiger partial charge in [0.2, 0.25) is 0 Å². The number of carbonyl (C=O) groups excluding carboxylic acids is 1. The molecular formula is C20H14F9N5O2. The summed E-state index contributed by atoms with van der Waals surface area (Å²) in [7, 11) is 0. The number of benzene rings is 1. The number of rotatable bonds is 6. The van der Waals surface area contributed by atoms with Crippen LogP contribution in [-0.2, 0) is 12.4 Å². The third-order valence-electron chi connectivity index (χ3n) is 4.50. The van der Waals surface area contributed by atoms with Crippen LogP contribution in [0.1, 0.15) is 40.3 Å². The number of pyridine rings is 1. The fourth-order valence-electron chi connectivity index (χ4n) is 2.90. The first-order valence-corrected chi connectivity index (χ1v) is 9.71. The van der Waals surface area contributed by atoms with E-state index in [0.29, 0.717) is 0 Å². The van der Waals surface area contributed by atoms with Crippen LogP contribution >= 0.6 is 0 Å². The van der Waals surface area contributed by atoms with Gasteiger partial charge in [0.25, 0.3) is 5.91 Å². The molecule has 0 fully saturated rings. The van der Waals surface area contributed by atoms with Gasteiger partial charge in [-0.25, -0.2) is 9.97 Å². The molecule has 194 valence electrons. The fraction of sp³-hybridized carbons (Fsp3) is 0.300. The van der Waals surface area contributed by atoms with Gasteiger partial charge in [-0.1, -0.05) is 0 Å². The minimum Gasteiger partial charge on any atom is -0.483 e. The molecule has 0 aliphatic carbocycles. The fourth-order valence-corrected chi connectivity index (χ4v) is 2.90. The molecule has 7 nitrogen and oxygen atoms in total. The van der Waals surface area contributed by atoms with Crippen molar-refractivity contribution in [3.8, 4) is 11.6 Å². The number of halogens is 9. The van der Waals surface area contributed by atoms with Crippen LogP contribution in [0.5, 0.6) is 5.75 Å². The number of carbonyl (C=O) groups is 1. The number of hydrogen-bond donors (Lipinski definition) is 1. The van der Waals surface area contributed by atoms with Gasteiger partial charge in [-0.05, 0) is 37.3 Å². The third kappa shape index (κ3) is 6.63. The highest BCUT2D eigenvalue weighted by atomic mass is 19.4. The quantitative estimate of drug-likeness (QED) is 0.450. The number of aromatic nitrogens is 4. The van der Waals surface area contributed by atoms with Crippen LogP contribution in [0.15, 0.2) is 42.9 Å². The van der Waals surface area contributed by atoms with Crippen molar-refractivity contribution in [2.45, 2.75) is 31.5 Å². The first-order chi connectivity index (χ1) is 16.5. The number of amides is 1. The van der Waals surface area contributed by atoms with Crippen LogP contribution in [-0.4, -0.2) is 38.4 Å². The van der Waals surface area contributed by atoms with Crippen molar-refractivity contribution < 1.29 is 49.0 Å². The van der Waals surface area contributed by atoms with Gasteiger partial charge < -0.3 is 10.1 Å². The Labute approximate surface area is 195 Å². The lowest BCUT2D eigenvalue weighted by molar-refractivity contribution is -0.153. The maximum atomic E-state index is 13.1. The molecule has 1 amide bonds. The number of nitrogens with one attached hydrogen (secondary N) is 1. The average Bonchev–Trinajstić information content (AvgIpc) is 3.26. The predicted octanol–water partition coefficient (Wildman–Crippen LogP) is 5.13. The molecule has 1 atom stereocenters. The molecule has 3 aromatic rings. The molecule has 1 unspecified atom stereocenters. The van der Waals surface area contributed by atoms with Gasteiger partial charge in [-0.15, -0.1) is 0 Å². The molecule has 2 heterocycles. The van der Waals surface area contributed by atoms with Crippen molar-refractivity contribution in [2.24, 2.45) is 0 Å². The van der Waals surface area contributed by atoms with E-state index in [2.05, 4.69) is 25.1 Å². The molecule has 1 N–H and O–H groups in total. The van der Waals surface area contributed by atoms with Crippen molar-refractivity contribution >= 4 is 5.91 Å². The van der Waals surface area contributed by atoms with E-state index in [9.17, 15) is 44.3 Å². The lowest BCUT2D eigenvalue weighted by atomic mass is 10.0. The van der Waals surface area contributed by atoms with E-state index in [0.717, 1.165) is 23.3 Å². The maximum Gasteiger partial charge on any atom is 0.422 e. The van der Waals surface area contributed by atoms with Gasteiger partial charge in [-0.3, -0.25) is 4.79 Å². The largest absolute Gasteiger partial charge is 0.483 e. The van der Waals surface area contributed by atoms with E-state index in [1.807, 2.05) is 0 Å². The van der Waals surface area contributed by atoms with Gasteiger partial charge in [0, 0.05) is 5.56 Å². The highest BCUT2D eigenvalue weighted by molar-refractivity contribution is 5.94. The molecule has 0 aliphatic rings. The summed E-state index contributed by atoms with van der Waals surface area (Å²) in [5.74, 6) is -1.45. The molecule has 0 saturated carbocycles. The highest BCUT2D eigenvalue weighted by Crippen LogP contribution is 2.36. The Bertz CT molecular complexity index is 1190. The summed E-state index contributed by atoms with van der Waals surface area (Å²) in [6.07, 6.45) is -12.8. The Hall–Kier alpha value is -3.85. The zero-order valence-electron chi connectivity index (χ0n) is 17.8. The minimum atomic E-state index is -5.14. The average molecular weight is 527 g/mol. The Morgan fingerprint density at radius 1 is 0.972 bits per heavy atom. The lowest BCUT2D eigenvalue weighted by Crippen LogP contribution is -2.29. The van der Waals surface area contributed by atoms with Crippen molar-refractivity contribution in [1.82, 2.24) is 25.1 Å². The van der Waals surface area contributed by atoms with Crippen LogP contribution in [0, 0.1) is 0 Å². The molecule has 3 rings (SSSR count). The standard InChI is InChI=1S/C20H14F9N5O2/c1-10(33-17(35)11-4-12(19(24,25)26)6-13(5-11)20(27,28)29)16-31-9-32-34(16)15-3-2-14(7-30-15)36-8-18(21,22)23/h2-7,9-10H,8H2,1H3,(H,33,35). The molecule has 0 aliphatic heterocycles. The lowest BCUT2D eigenvalue weighted by Gasteiger charge is -2.17. The van der Waals surface area contributed by atoms with Crippen LogP contribution in [0.2, 0.25) is 0 Å². The molecule has 2 aromatic heterocycles. The molecular weight excluding hydrogens is 513 g/mol. The van der Waals surface area contributed by atoms with Gasteiger partial charge in [-0.2, -0.15) is 49.3 Å². The summed E-state index contributed by atoms with van der Waals surface area (Å²) in [5, 5.41) is 6.11. The van der Waals surface area contributed by atoms with Crippen LogP contribution in [0.25, 0.3) is 5.82 Å². The van der Waals surface area contributed by atoms with Crippen LogP contribution in [0.3, 0.4) is 0 Å². The number of nitrogens with zero attached hydrogens (tertiary/aromatic N) is 4. The predicted molar refractivity (Wildman–Crippen MR) is 103 cm³/mol. The number of alkyl halides is 9. The van der Waals surface area contributed by atoms with Gasteiger partial charge in [0.1, 0.15) is 12.1 Å². The van der Waals surface area contributed by atoms with E-state index < -0.39 is 53.8 Å². The maximum absolute atomic E-state index is 13.1. The molecule has 0 spiro atoms. The van der Waals surface area contributed by atoms with E-state index in [-0.39, 0.29) is 35.6 Å². The van der Waals surface area contributed by atoms with Crippen molar-refractivity contribution in [2.75, 3.05) is 6.61 Å². The number of hydrogen-bond acceptors (Lipinski definition) is 5. The van der Waals surface area contributed by atoms with Gasteiger partial charge in [0.05, 0.1) is 23.4 Å². The Kier molecular flexibility index (Phi) is 7.18. The molecule has 16 heteroatoms. The third-order valence-corrected chi connectivity index (χ3v) is 4.50. The zero-order valence-corrected chi connectivity index (χ0v) is 17.8. The summed E-state index contributed by atoms with van der Waals surface area (Å²) in [5.41, 5.74) is -4.20. The van der Waals surface area contributed by atoms with Gasteiger partial charge in [0.15, 0.2) is 18.2 Å². The van der Waals surface area contributed by atoms with Crippen molar-refractivity contribution in [3.63, 3.8) is 0 Å². The summed E-state index contributed by atoms with van der Waals surface area (Å²) in [6, 6.07) is 1.74. The molecule has 0 radical (unpaired) electrons. The Morgan fingerprint density at radius 2 is 1.58 bits per heavy atom. The molecule has 0 bridgehead atoms. The van der Waals surface area contributed by atoms with Crippen molar-refractivity contribution in [3.05, 3.63) is 65.4 Å². The van der Waals surface area contributed by atoms with Crippen LogP contribution in [0.4, 0.5) is 39.5 Å². The van der Waals surface area contributed by atoms with E-state index >= 15 is 0 Å². The smallest absolute Gasteiger partial charge is 0.422 e. The second-order valence-corrected chi connectivity index (χ2v) is 7.28. The molecule has 0 saturated heterocycles. The van der Waals surface area contributed by atoms with Gasteiger partial charge >= 0.3 is 18.5 Å². The molecule has 1 aromatic carbocycles. The monoisotopic (exact) mass is 527 g/mol. The van der Waals surface area contributed by atoms with E-state index in [1.165, 1.54) is 13.0 Å². The SMILES string of the molecule is CC(NC(=O)c1cc(C(F)(F)F)cc(C(F)(F)F)c1)c1ncnn1-c1ccc(OCC(F)(F)F)cn1. The molecule has 36 heavy (non-hydrogen) atoms. The summed E-state index contributed by atoms with van der Waals surface area (Å²) >= 11 is 0. The summed E-state index contributed by atoms with van der Waals surface area (Å²) < 4.78 is 121.